The first-order valence-corrected chi connectivity index (χ1v) is 10.4. The molecule has 1 atom stereocenters. The predicted molar refractivity (Wildman–Crippen MR) is 103 cm³/mol. The second-order valence-electron chi connectivity index (χ2n) is 6.39. The average molecular weight is 418 g/mol. The number of piperidine rings is 1. The Hall–Kier alpha value is -1.68. The van der Waals surface area contributed by atoms with E-state index < -0.39 is 22.1 Å². The molecule has 2 rings (SSSR count). The summed E-state index contributed by atoms with van der Waals surface area (Å²) in [5.74, 6) is -1.28. The molecule has 0 bridgehead atoms. The van der Waals surface area contributed by atoms with E-state index in [2.05, 4.69) is 5.32 Å². The van der Waals surface area contributed by atoms with Gasteiger partial charge in [-0.2, -0.15) is 17.0 Å². The van der Waals surface area contributed by atoms with Crippen molar-refractivity contribution in [1.82, 2.24) is 8.61 Å². The highest BCUT2D eigenvalue weighted by Crippen LogP contribution is 2.26. The van der Waals surface area contributed by atoms with E-state index in [1.54, 1.807) is 6.92 Å². The molecule has 1 fully saturated rings. The predicted octanol–water partition coefficient (Wildman–Crippen LogP) is 1.97. The molecule has 1 heterocycles. The molecule has 1 aliphatic heterocycles. The number of hydrogen-bond acceptors (Lipinski definition) is 5. The van der Waals surface area contributed by atoms with E-state index in [1.807, 2.05) is 0 Å². The summed E-state index contributed by atoms with van der Waals surface area (Å²) in [6, 6.07) is 4.48. The van der Waals surface area contributed by atoms with E-state index >= 15 is 0 Å². The molecule has 1 aliphatic rings. The smallest absolute Gasteiger partial charge is 0.338 e. The van der Waals surface area contributed by atoms with E-state index in [1.165, 1.54) is 36.6 Å². The lowest BCUT2D eigenvalue weighted by atomic mass is 9.98. The van der Waals surface area contributed by atoms with Crippen LogP contribution in [0, 0.1) is 5.92 Å². The number of amides is 1. The first kappa shape index (κ1) is 21.6. The van der Waals surface area contributed by atoms with Crippen LogP contribution in [0.25, 0.3) is 0 Å². The molecule has 0 aliphatic carbocycles. The van der Waals surface area contributed by atoms with Crippen molar-refractivity contribution in [2.45, 2.75) is 19.8 Å². The largest absolute Gasteiger partial charge is 0.462 e. The molecule has 27 heavy (non-hydrogen) atoms. The lowest BCUT2D eigenvalue weighted by Gasteiger charge is -2.32. The van der Waals surface area contributed by atoms with Gasteiger partial charge in [0.25, 0.3) is 10.2 Å². The number of nitrogens with zero attached hydrogens (tertiary/aromatic N) is 2. The van der Waals surface area contributed by atoms with Gasteiger partial charge < -0.3 is 10.1 Å². The maximum Gasteiger partial charge on any atom is 0.338 e. The fraction of sp³-hybridized carbons (Fsp3) is 0.529. The first-order chi connectivity index (χ1) is 12.7. The number of nitrogens with one attached hydrogen (secondary N) is 1. The normalized spacial score (nSPS) is 18.3. The van der Waals surface area contributed by atoms with E-state index in [9.17, 15) is 18.0 Å². The third-order valence-corrected chi connectivity index (χ3v) is 6.50. The van der Waals surface area contributed by atoms with E-state index in [0.717, 1.165) is 4.31 Å². The van der Waals surface area contributed by atoms with Gasteiger partial charge in [0.2, 0.25) is 5.91 Å². The third-order valence-electron chi connectivity index (χ3n) is 4.28. The summed E-state index contributed by atoms with van der Waals surface area (Å²) >= 11 is 6.16. The lowest BCUT2D eigenvalue weighted by molar-refractivity contribution is -0.120. The molecule has 1 N–H and O–H groups in total. The molecule has 1 unspecified atom stereocenters. The monoisotopic (exact) mass is 417 g/mol. The molecule has 0 aromatic heterocycles. The van der Waals surface area contributed by atoms with Gasteiger partial charge in [-0.05, 0) is 38.0 Å². The zero-order valence-electron chi connectivity index (χ0n) is 15.6. The Bertz CT molecular complexity index is 813. The van der Waals surface area contributed by atoms with E-state index in [0.29, 0.717) is 30.6 Å². The molecule has 8 nitrogen and oxygen atoms in total. The Morgan fingerprint density at radius 1 is 1.37 bits per heavy atom. The highest BCUT2D eigenvalue weighted by molar-refractivity contribution is 7.86. The minimum absolute atomic E-state index is 0.116. The van der Waals surface area contributed by atoms with Crippen LogP contribution in [-0.4, -0.2) is 62.7 Å². The minimum Gasteiger partial charge on any atom is -0.462 e. The standard InChI is InChI=1S/C17H24ClN3O5S/c1-4-26-17(23)12-7-8-15(14(18)10-12)19-16(22)13-6-5-9-21(11-13)27(24,25)20(2)3/h7-8,10,13H,4-6,9,11H2,1-3H3,(H,19,22). The third kappa shape index (κ3) is 5.19. The maximum absolute atomic E-state index is 12.6. The van der Waals surface area contributed by atoms with Gasteiger partial charge in [-0.25, -0.2) is 4.79 Å². The van der Waals surface area contributed by atoms with Crippen molar-refractivity contribution in [2.24, 2.45) is 5.92 Å². The van der Waals surface area contributed by atoms with Crippen LogP contribution >= 0.6 is 11.6 Å². The second-order valence-corrected chi connectivity index (χ2v) is 8.94. The molecule has 1 saturated heterocycles. The zero-order chi connectivity index (χ0) is 20.2. The van der Waals surface area contributed by atoms with Crippen molar-refractivity contribution in [3.8, 4) is 0 Å². The number of carbonyl (C=O) groups is 2. The SMILES string of the molecule is CCOC(=O)c1ccc(NC(=O)C2CCCN(S(=O)(=O)N(C)C)C2)c(Cl)c1. The minimum atomic E-state index is -3.56. The van der Waals surface area contributed by atoms with Crippen molar-refractivity contribution in [2.75, 3.05) is 39.1 Å². The molecule has 10 heteroatoms. The summed E-state index contributed by atoms with van der Waals surface area (Å²) < 4.78 is 31.9. The number of esters is 1. The molecular weight excluding hydrogens is 394 g/mol. The highest BCUT2D eigenvalue weighted by Gasteiger charge is 2.33. The van der Waals surface area contributed by atoms with E-state index in [-0.39, 0.29) is 24.1 Å². The second kappa shape index (κ2) is 9.01. The van der Waals surface area contributed by atoms with Gasteiger partial charge in [0.15, 0.2) is 0 Å². The number of rotatable bonds is 6. The van der Waals surface area contributed by atoms with Crippen LogP contribution in [0.1, 0.15) is 30.1 Å². The van der Waals surface area contributed by atoms with Gasteiger partial charge in [-0.1, -0.05) is 11.6 Å². The molecule has 1 aromatic rings. The summed E-state index contributed by atoms with van der Waals surface area (Å²) in [6.07, 6.45) is 1.19. The zero-order valence-corrected chi connectivity index (χ0v) is 17.1. The van der Waals surface area contributed by atoms with E-state index in [4.69, 9.17) is 16.3 Å². The Balaban J connectivity index is 2.07. The van der Waals surface area contributed by atoms with Crippen LogP contribution in [0.5, 0.6) is 0 Å². The van der Waals surface area contributed by atoms with Crippen LogP contribution in [0.4, 0.5) is 5.69 Å². The highest BCUT2D eigenvalue weighted by atomic mass is 35.5. The van der Waals surface area contributed by atoms with Gasteiger partial charge in [-0.3, -0.25) is 4.79 Å². The van der Waals surface area contributed by atoms with Crippen LogP contribution in [0.15, 0.2) is 18.2 Å². The van der Waals surface area contributed by atoms with Gasteiger partial charge in [0.1, 0.15) is 0 Å². The fourth-order valence-electron chi connectivity index (χ4n) is 2.79. The molecular formula is C17H24ClN3O5S. The van der Waals surface area contributed by atoms with Gasteiger partial charge in [0.05, 0.1) is 28.8 Å². The van der Waals surface area contributed by atoms with Crippen molar-refractivity contribution in [3.05, 3.63) is 28.8 Å². The molecule has 1 amide bonds. The summed E-state index contributed by atoms with van der Waals surface area (Å²) in [5, 5.41) is 2.93. The van der Waals surface area contributed by atoms with Gasteiger partial charge >= 0.3 is 5.97 Å². The Kier molecular flexibility index (Phi) is 7.21. The summed E-state index contributed by atoms with van der Waals surface area (Å²) in [4.78, 5) is 24.3. The Morgan fingerprint density at radius 3 is 2.67 bits per heavy atom. The molecule has 0 radical (unpaired) electrons. The lowest BCUT2D eigenvalue weighted by Crippen LogP contribution is -2.47. The fourth-order valence-corrected chi connectivity index (χ4v) is 4.21. The van der Waals surface area contributed by atoms with Crippen molar-refractivity contribution < 1.29 is 22.7 Å². The summed E-state index contributed by atoms with van der Waals surface area (Å²) in [5.41, 5.74) is 0.656. The molecule has 0 spiro atoms. The topological polar surface area (TPSA) is 96.0 Å². The van der Waals surface area contributed by atoms with Crippen LogP contribution in [0.3, 0.4) is 0 Å². The number of carbonyl (C=O) groups excluding carboxylic acids is 2. The quantitative estimate of drug-likeness (QED) is 0.714. The number of halogens is 1. The van der Waals surface area contributed by atoms with Crippen LogP contribution < -0.4 is 5.32 Å². The number of anilines is 1. The van der Waals surface area contributed by atoms with Crippen LogP contribution in [0.2, 0.25) is 5.02 Å². The molecule has 0 saturated carbocycles. The summed E-state index contributed by atoms with van der Waals surface area (Å²) in [6.45, 7) is 2.46. The van der Waals surface area contributed by atoms with Gasteiger partial charge in [-0.15, -0.1) is 0 Å². The summed E-state index contributed by atoms with van der Waals surface area (Å²) in [7, 11) is -0.634. The van der Waals surface area contributed by atoms with Crippen LogP contribution in [-0.2, 0) is 19.7 Å². The Morgan fingerprint density at radius 2 is 2.07 bits per heavy atom. The number of hydrogen-bond donors (Lipinski definition) is 1. The average Bonchev–Trinajstić information content (AvgIpc) is 2.63. The van der Waals surface area contributed by atoms with Crippen molar-refractivity contribution >= 4 is 39.4 Å². The number of benzene rings is 1. The van der Waals surface area contributed by atoms with Crippen molar-refractivity contribution in [1.29, 1.82) is 0 Å². The first-order valence-electron chi connectivity index (χ1n) is 8.62. The maximum atomic E-state index is 12.6. The van der Waals surface area contributed by atoms with Crippen molar-refractivity contribution in [3.63, 3.8) is 0 Å². The molecule has 150 valence electrons. The Labute approximate surface area is 164 Å². The molecule has 1 aromatic carbocycles. The van der Waals surface area contributed by atoms with Gasteiger partial charge in [0, 0.05) is 27.2 Å². The number of ether oxygens (including phenoxy) is 1.